The first-order chi connectivity index (χ1) is 5.39. The van der Waals surface area contributed by atoms with E-state index in [1.165, 1.54) is 6.92 Å². The van der Waals surface area contributed by atoms with Crippen molar-refractivity contribution in [1.29, 1.82) is 0 Å². The number of carbonyl (C=O) groups excluding carboxylic acids is 1. The lowest BCUT2D eigenvalue weighted by molar-refractivity contribution is -0.392. The maximum absolute atomic E-state index is 10.2. The fourth-order valence-corrected chi connectivity index (χ4v) is 0.301. The van der Waals surface area contributed by atoms with Crippen molar-refractivity contribution in [1.82, 2.24) is 0 Å². The topological polar surface area (TPSA) is 58.6 Å². The Morgan fingerprint density at radius 2 is 2.08 bits per heavy atom. The fraction of sp³-hybridized carbons (Fsp3) is 0.875. The molecule has 12 heavy (non-hydrogen) atoms. The zero-order valence-electron chi connectivity index (χ0n) is 7.92. The molecule has 0 saturated heterocycles. The molecule has 0 heterocycles. The minimum atomic E-state index is -1.28. The minimum absolute atomic E-state index is 0.455. The molecular formula is C8H15O4-. The molecule has 0 spiro atoms. The summed E-state index contributed by atoms with van der Waals surface area (Å²) in [7, 11) is 0. The Morgan fingerprint density at radius 3 is 2.42 bits per heavy atom. The summed E-state index contributed by atoms with van der Waals surface area (Å²) in [5.41, 5.74) is -0.455. The van der Waals surface area contributed by atoms with Gasteiger partial charge < -0.3 is 9.90 Å². The molecule has 0 aromatic carbocycles. The predicted molar refractivity (Wildman–Crippen MR) is 41.0 cm³/mol. The summed E-state index contributed by atoms with van der Waals surface area (Å²) < 4.78 is 0. The Hall–Kier alpha value is -0.610. The van der Waals surface area contributed by atoms with Gasteiger partial charge in [0.2, 0.25) is 0 Å². The van der Waals surface area contributed by atoms with Crippen LogP contribution in [-0.2, 0) is 14.6 Å². The average molecular weight is 175 g/mol. The number of carboxylic acids is 1. The van der Waals surface area contributed by atoms with E-state index in [2.05, 4.69) is 4.89 Å². The molecule has 0 rings (SSSR count). The van der Waals surface area contributed by atoms with E-state index < -0.39 is 17.7 Å². The third-order valence-electron chi connectivity index (χ3n) is 1.60. The van der Waals surface area contributed by atoms with Gasteiger partial charge in [-0.2, -0.15) is 0 Å². The molecule has 0 aromatic heterocycles. The molecule has 4 heteroatoms. The molecule has 0 aliphatic carbocycles. The zero-order valence-corrected chi connectivity index (χ0v) is 7.92. The molecule has 4 nitrogen and oxygen atoms in total. The van der Waals surface area contributed by atoms with E-state index in [1.54, 1.807) is 0 Å². The average Bonchev–Trinajstić information content (AvgIpc) is 2.00. The van der Waals surface area contributed by atoms with E-state index in [0.717, 1.165) is 6.42 Å². The summed E-state index contributed by atoms with van der Waals surface area (Å²) in [6, 6.07) is 0. The van der Waals surface area contributed by atoms with Crippen LogP contribution in [0.15, 0.2) is 0 Å². The number of hydrogen-bond donors (Lipinski definition) is 0. The van der Waals surface area contributed by atoms with Gasteiger partial charge in [0, 0.05) is 0 Å². The quantitative estimate of drug-likeness (QED) is 0.444. The molecule has 1 atom stereocenters. The largest absolute Gasteiger partial charge is 0.547 e. The van der Waals surface area contributed by atoms with E-state index in [1.807, 2.05) is 20.8 Å². The van der Waals surface area contributed by atoms with Crippen LogP contribution in [0.2, 0.25) is 0 Å². The Morgan fingerprint density at radius 1 is 1.58 bits per heavy atom. The molecule has 0 bridgehead atoms. The second-order valence-corrected chi connectivity index (χ2v) is 3.25. The van der Waals surface area contributed by atoms with Crippen molar-refractivity contribution in [2.45, 2.75) is 45.8 Å². The number of hydrogen-bond acceptors (Lipinski definition) is 4. The third kappa shape index (κ3) is 4.31. The third-order valence-corrected chi connectivity index (χ3v) is 1.60. The Labute approximate surface area is 72.4 Å². The van der Waals surface area contributed by atoms with Gasteiger partial charge in [0.25, 0.3) is 0 Å². The van der Waals surface area contributed by atoms with Crippen LogP contribution in [0.3, 0.4) is 0 Å². The van der Waals surface area contributed by atoms with E-state index in [9.17, 15) is 9.90 Å². The molecule has 0 aliphatic heterocycles. The molecule has 0 radical (unpaired) electrons. The van der Waals surface area contributed by atoms with Gasteiger partial charge in [-0.25, -0.2) is 9.78 Å². The molecule has 0 fully saturated rings. The van der Waals surface area contributed by atoms with Gasteiger partial charge in [0.15, 0.2) is 0 Å². The highest BCUT2D eigenvalue weighted by Gasteiger charge is 2.18. The SMILES string of the molecule is CCC(C)(C)OOC(C)C(=O)[O-]. The lowest BCUT2D eigenvalue weighted by Crippen LogP contribution is -2.37. The summed E-state index contributed by atoms with van der Waals surface area (Å²) >= 11 is 0. The monoisotopic (exact) mass is 175 g/mol. The van der Waals surface area contributed by atoms with E-state index in [0.29, 0.717) is 0 Å². The standard InChI is InChI=1S/C8H16O4/c1-5-8(3,4)12-11-6(2)7(9)10/h6H,5H2,1-4H3,(H,9,10)/p-1. The van der Waals surface area contributed by atoms with Gasteiger partial charge in [-0.05, 0) is 27.2 Å². The van der Waals surface area contributed by atoms with Crippen LogP contribution in [-0.4, -0.2) is 17.7 Å². The second kappa shape index (κ2) is 4.42. The van der Waals surface area contributed by atoms with Gasteiger partial charge in [0.05, 0.1) is 11.6 Å². The lowest BCUT2D eigenvalue weighted by atomic mass is 10.1. The maximum atomic E-state index is 10.2. The summed E-state index contributed by atoms with van der Waals surface area (Å²) in [5.74, 6) is -1.28. The highest BCUT2D eigenvalue weighted by molar-refractivity contribution is 5.69. The van der Waals surface area contributed by atoms with Crippen molar-refractivity contribution in [2.75, 3.05) is 0 Å². The molecule has 72 valence electrons. The smallest absolute Gasteiger partial charge is 0.129 e. The summed E-state index contributed by atoms with van der Waals surface area (Å²) in [5, 5.41) is 10.2. The number of rotatable bonds is 5. The first kappa shape index (κ1) is 11.4. The highest BCUT2D eigenvalue weighted by Crippen LogP contribution is 2.14. The van der Waals surface area contributed by atoms with Crippen molar-refractivity contribution < 1.29 is 19.7 Å². The van der Waals surface area contributed by atoms with E-state index in [-0.39, 0.29) is 0 Å². The van der Waals surface area contributed by atoms with Crippen molar-refractivity contribution >= 4 is 5.97 Å². The summed E-state index contributed by atoms with van der Waals surface area (Å²) in [6.45, 7) is 6.91. The van der Waals surface area contributed by atoms with Crippen LogP contribution in [0.1, 0.15) is 34.1 Å². The molecular weight excluding hydrogens is 160 g/mol. The van der Waals surface area contributed by atoms with Crippen LogP contribution < -0.4 is 5.11 Å². The van der Waals surface area contributed by atoms with E-state index in [4.69, 9.17) is 4.89 Å². The summed E-state index contributed by atoms with van der Waals surface area (Å²) in [6.07, 6.45) is -0.289. The van der Waals surface area contributed by atoms with Crippen LogP contribution >= 0.6 is 0 Å². The predicted octanol–water partition coefficient (Wildman–Crippen LogP) is 0.262. The van der Waals surface area contributed by atoms with Gasteiger partial charge >= 0.3 is 0 Å². The number of carboxylic acid groups (broad SMARTS) is 1. The first-order valence-electron chi connectivity index (χ1n) is 3.94. The molecule has 0 saturated carbocycles. The minimum Gasteiger partial charge on any atom is -0.547 e. The van der Waals surface area contributed by atoms with Crippen LogP contribution in [0.4, 0.5) is 0 Å². The van der Waals surface area contributed by atoms with Crippen LogP contribution in [0, 0.1) is 0 Å². The molecule has 0 amide bonds. The molecule has 0 N–H and O–H groups in total. The van der Waals surface area contributed by atoms with Crippen molar-refractivity contribution in [3.8, 4) is 0 Å². The maximum Gasteiger partial charge on any atom is 0.129 e. The van der Waals surface area contributed by atoms with Crippen LogP contribution in [0.25, 0.3) is 0 Å². The number of carbonyl (C=O) groups is 1. The highest BCUT2D eigenvalue weighted by atomic mass is 17.2. The Kier molecular flexibility index (Phi) is 4.20. The molecule has 0 aromatic rings. The first-order valence-corrected chi connectivity index (χ1v) is 3.94. The lowest BCUT2D eigenvalue weighted by Gasteiger charge is -2.24. The summed E-state index contributed by atoms with van der Waals surface area (Å²) in [4.78, 5) is 19.7. The zero-order chi connectivity index (χ0) is 9.78. The Bertz CT molecular complexity index is 153. The second-order valence-electron chi connectivity index (χ2n) is 3.25. The van der Waals surface area contributed by atoms with Crippen molar-refractivity contribution in [3.63, 3.8) is 0 Å². The van der Waals surface area contributed by atoms with Gasteiger partial charge in [-0.3, -0.25) is 0 Å². The van der Waals surface area contributed by atoms with Gasteiger partial charge in [-0.15, -0.1) is 0 Å². The fourth-order valence-electron chi connectivity index (χ4n) is 0.301. The van der Waals surface area contributed by atoms with Crippen LogP contribution in [0.5, 0.6) is 0 Å². The van der Waals surface area contributed by atoms with Crippen molar-refractivity contribution in [2.24, 2.45) is 0 Å². The van der Waals surface area contributed by atoms with E-state index >= 15 is 0 Å². The normalized spacial score (nSPS) is 14.3. The van der Waals surface area contributed by atoms with Gasteiger partial charge in [-0.1, -0.05) is 6.92 Å². The molecule has 1 unspecified atom stereocenters. The molecule has 0 aliphatic rings. The van der Waals surface area contributed by atoms with Crippen molar-refractivity contribution in [3.05, 3.63) is 0 Å². The number of aliphatic carboxylic acids is 1. The van der Waals surface area contributed by atoms with Gasteiger partial charge in [0.1, 0.15) is 6.10 Å². The Balaban J connectivity index is 3.75.